The molecule has 0 amide bonds. The third-order valence-electron chi connectivity index (χ3n) is 3.09. The lowest BCUT2D eigenvalue weighted by atomic mass is 10.1. The fourth-order valence-corrected chi connectivity index (χ4v) is 2.27. The normalized spacial score (nSPS) is 15.6. The van der Waals surface area contributed by atoms with E-state index in [9.17, 15) is 0 Å². The van der Waals surface area contributed by atoms with Gasteiger partial charge >= 0.3 is 0 Å². The summed E-state index contributed by atoms with van der Waals surface area (Å²) in [6.07, 6.45) is 3.73. The minimum atomic E-state index is 0.646. The summed E-state index contributed by atoms with van der Waals surface area (Å²) in [7, 11) is 0. The molecule has 15 heavy (non-hydrogen) atoms. The quantitative estimate of drug-likeness (QED) is 0.635. The van der Waals surface area contributed by atoms with Gasteiger partial charge in [0, 0.05) is 12.1 Å². The van der Waals surface area contributed by atoms with E-state index in [1.807, 2.05) is 0 Å². The molecule has 2 heteroatoms. The second-order valence-electron chi connectivity index (χ2n) is 4.35. The molecule has 0 spiro atoms. The molecule has 0 aliphatic carbocycles. The molecule has 0 bridgehead atoms. The maximum absolute atomic E-state index is 3.59. The van der Waals surface area contributed by atoms with Gasteiger partial charge in [-0.2, -0.15) is 0 Å². The fraction of sp³-hybridized carbons (Fsp3) is 1.00. The zero-order valence-electron chi connectivity index (χ0n) is 11.3. The van der Waals surface area contributed by atoms with Crippen molar-refractivity contribution in [3.05, 3.63) is 0 Å². The molecule has 0 aromatic heterocycles. The summed E-state index contributed by atoms with van der Waals surface area (Å²) in [4.78, 5) is 2.62. The van der Waals surface area contributed by atoms with Crippen molar-refractivity contribution in [3.63, 3.8) is 0 Å². The van der Waals surface area contributed by atoms with Crippen molar-refractivity contribution in [2.24, 2.45) is 0 Å². The van der Waals surface area contributed by atoms with E-state index in [1.54, 1.807) is 0 Å². The molecule has 92 valence electrons. The van der Waals surface area contributed by atoms with E-state index < -0.39 is 0 Å². The highest BCUT2D eigenvalue weighted by Crippen LogP contribution is 2.09. The maximum atomic E-state index is 3.59. The van der Waals surface area contributed by atoms with Gasteiger partial charge in [0.15, 0.2) is 0 Å². The van der Waals surface area contributed by atoms with Crippen LogP contribution in [0.1, 0.15) is 53.9 Å². The van der Waals surface area contributed by atoms with Crippen LogP contribution < -0.4 is 5.32 Å². The van der Waals surface area contributed by atoms with Crippen LogP contribution in [0.15, 0.2) is 0 Å². The molecule has 2 unspecified atom stereocenters. The molecule has 0 radical (unpaired) electrons. The van der Waals surface area contributed by atoms with Crippen LogP contribution in [0.4, 0.5) is 0 Å². The average Bonchev–Trinajstić information content (AvgIpc) is 2.24. The second-order valence-corrected chi connectivity index (χ2v) is 4.35. The predicted octanol–water partition coefficient (Wildman–Crippen LogP) is 2.89. The summed E-state index contributed by atoms with van der Waals surface area (Å²) < 4.78 is 0. The van der Waals surface area contributed by atoms with Crippen LogP contribution in [-0.4, -0.2) is 36.6 Å². The van der Waals surface area contributed by atoms with Crippen molar-refractivity contribution in [3.8, 4) is 0 Å². The van der Waals surface area contributed by atoms with Crippen LogP contribution in [0.3, 0.4) is 0 Å². The first-order valence-corrected chi connectivity index (χ1v) is 6.68. The Morgan fingerprint density at radius 3 is 1.87 bits per heavy atom. The lowest BCUT2D eigenvalue weighted by Crippen LogP contribution is -2.48. The first kappa shape index (κ1) is 14.9. The van der Waals surface area contributed by atoms with Gasteiger partial charge in [0.1, 0.15) is 0 Å². The van der Waals surface area contributed by atoms with Crippen molar-refractivity contribution in [2.45, 2.75) is 66.0 Å². The van der Waals surface area contributed by atoms with E-state index in [4.69, 9.17) is 0 Å². The summed E-state index contributed by atoms with van der Waals surface area (Å²) in [5.41, 5.74) is 0. The van der Waals surface area contributed by atoms with E-state index in [0.717, 1.165) is 6.54 Å². The SMILES string of the molecule is CCCN(CCC)C(C)C(CC)NCC. The average molecular weight is 214 g/mol. The van der Waals surface area contributed by atoms with Gasteiger partial charge in [-0.3, -0.25) is 4.90 Å². The van der Waals surface area contributed by atoms with Gasteiger partial charge in [-0.05, 0) is 45.8 Å². The highest BCUT2D eigenvalue weighted by molar-refractivity contribution is 4.79. The molecule has 0 heterocycles. The molecular weight excluding hydrogens is 184 g/mol. The third kappa shape index (κ3) is 5.53. The smallest absolute Gasteiger partial charge is 0.0220 e. The molecule has 0 rings (SSSR count). The number of hydrogen-bond acceptors (Lipinski definition) is 2. The fourth-order valence-electron chi connectivity index (χ4n) is 2.27. The molecular formula is C13H30N2. The Bertz CT molecular complexity index is 130. The highest BCUT2D eigenvalue weighted by Gasteiger charge is 2.19. The molecule has 2 atom stereocenters. The molecule has 0 saturated heterocycles. The van der Waals surface area contributed by atoms with Crippen LogP contribution in [0.5, 0.6) is 0 Å². The number of likely N-dealkylation sites (N-methyl/N-ethyl adjacent to an activating group) is 1. The highest BCUT2D eigenvalue weighted by atomic mass is 15.2. The Morgan fingerprint density at radius 1 is 1.00 bits per heavy atom. The number of hydrogen-bond donors (Lipinski definition) is 1. The monoisotopic (exact) mass is 214 g/mol. The molecule has 0 aliphatic rings. The summed E-state index contributed by atoms with van der Waals surface area (Å²) in [5, 5.41) is 3.59. The van der Waals surface area contributed by atoms with Crippen molar-refractivity contribution >= 4 is 0 Å². The zero-order valence-corrected chi connectivity index (χ0v) is 11.3. The Hall–Kier alpha value is -0.0800. The van der Waals surface area contributed by atoms with E-state index in [1.165, 1.54) is 32.4 Å². The first-order chi connectivity index (χ1) is 7.21. The maximum Gasteiger partial charge on any atom is 0.0220 e. The predicted molar refractivity (Wildman–Crippen MR) is 69.4 cm³/mol. The Kier molecular flexibility index (Phi) is 9.12. The summed E-state index contributed by atoms with van der Waals surface area (Å²) in [6.45, 7) is 14.9. The molecule has 0 aromatic carbocycles. The van der Waals surface area contributed by atoms with Gasteiger partial charge < -0.3 is 5.32 Å². The number of nitrogens with one attached hydrogen (secondary N) is 1. The van der Waals surface area contributed by atoms with Crippen LogP contribution in [0, 0.1) is 0 Å². The van der Waals surface area contributed by atoms with Crippen LogP contribution in [0.25, 0.3) is 0 Å². The lowest BCUT2D eigenvalue weighted by Gasteiger charge is -2.34. The van der Waals surface area contributed by atoms with Gasteiger partial charge in [-0.15, -0.1) is 0 Å². The second kappa shape index (κ2) is 9.17. The minimum Gasteiger partial charge on any atom is -0.313 e. The summed E-state index contributed by atoms with van der Waals surface area (Å²) >= 11 is 0. The van der Waals surface area contributed by atoms with Crippen molar-refractivity contribution in [1.82, 2.24) is 10.2 Å². The molecule has 2 nitrogen and oxygen atoms in total. The summed E-state index contributed by atoms with van der Waals surface area (Å²) in [6, 6.07) is 1.31. The Labute approximate surface area is 96.4 Å². The molecule has 0 aliphatic heterocycles. The van der Waals surface area contributed by atoms with Crippen molar-refractivity contribution in [2.75, 3.05) is 19.6 Å². The molecule has 0 saturated carbocycles. The standard InChI is InChI=1S/C13H30N2/c1-6-10-15(11-7-2)12(5)13(8-3)14-9-4/h12-14H,6-11H2,1-5H3. The first-order valence-electron chi connectivity index (χ1n) is 6.68. The van der Waals surface area contributed by atoms with E-state index >= 15 is 0 Å². The molecule has 0 fully saturated rings. The van der Waals surface area contributed by atoms with Gasteiger partial charge in [0.2, 0.25) is 0 Å². The van der Waals surface area contributed by atoms with Gasteiger partial charge in [-0.25, -0.2) is 0 Å². The largest absolute Gasteiger partial charge is 0.313 e. The summed E-state index contributed by atoms with van der Waals surface area (Å²) in [5.74, 6) is 0. The van der Waals surface area contributed by atoms with E-state index in [2.05, 4.69) is 44.8 Å². The van der Waals surface area contributed by atoms with Gasteiger partial charge in [-0.1, -0.05) is 27.7 Å². The number of rotatable bonds is 9. The third-order valence-corrected chi connectivity index (χ3v) is 3.09. The van der Waals surface area contributed by atoms with Crippen LogP contribution in [0.2, 0.25) is 0 Å². The number of nitrogens with zero attached hydrogens (tertiary/aromatic N) is 1. The van der Waals surface area contributed by atoms with E-state index in [0.29, 0.717) is 12.1 Å². The van der Waals surface area contributed by atoms with Gasteiger partial charge in [0.05, 0.1) is 0 Å². The van der Waals surface area contributed by atoms with Crippen molar-refractivity contribution in [1.29, 1.82) is 0 Å². The Balaban J connectivity index is 4.22. The molecule has 0 aromatic rings. The van der Waals surface area contributed by atoms with Crippen LogP contribution in [-0.2, 0) is 0 Å². The minimum absolute atomic E-state index is 0.646. The topological polar surface area (TPSA) is 15.3 Å². The van der Waals surface area contributed by atoms with Gasteiger partial charge in [0.25, 0.3) is 0 Å². The lowest BCUT2D eigenvalue weighted by molar-refractivity contribution is 0.167. The van der Waals surface area contributed by atoms with E-state index in [-0.39, 0.29) is 0 Å². The van der Waals surface area contributed by atoms with Crippen molar-refractivity contribution < 1.29 is 0 Å². The van der Waals surface area contributed by atoms with Crippen LogP contribution >= 0.6 is 0 Å². The zero-order chi connectivity index (χ0) is 11.7. The molecule has 1 N–H and O–H groups in total. The Morgan fingerprint density at radius 2 is 1.53 bits per heavy atom.